The minimum Gasteiger partial charge on any atom is -0.507 e. The minimum absolute atomic E-state index is 0.381. The zero-order valence-corrected chi connectivity index (χ0v) is 7.88. The van der Waals surface area contributed by atoms with E-state index in [1.165, 1.54) is 0 Å². The zero-order chi connectivity index (χ0) is 9.26. The van der Waals surface area contributed by atoms with Crippen LogP contribution in [-0.4, -0.2) is 11.7 Å². The van der Waals surface area contributed by atoms with E-state index in [-0.39, 0.29) is 0 Å². The summed E-state index contributed by atoms with van der Waals surface area (Å²) in [6.07, 6.45) is 2.03. The molecule has 13 heavy (non-hydrogen) atoms. The van der Waals surface area contributed by atoms with Crippen LogP contribution in [0.5, 0.6) is 5.75 Å². The monoisotopic (exact) mass is 177 g/mol. The molecule has 2 nitrogen and oxygen atoms in total. The molecule has 1 fully saturated rings. The van der Waals surface area contributed by atoms with Gasteiger partial charge in [-0.05, 0) is 24.9 Å². The minimum atomic E-state index is 0.381. The zero-order valence-electron chi connectivity index (χ0n) is 7.88. The van der Waals surface area contributed by atoms with Crippen molar-refractivity contribution in [2.75, 3.05) is 6.54 Å². The molecule has 1 aliphatic heterocycles. The number of hydrogen-bond donors (Lipinski definition) is 2. The molecule has 0 spiro atoms. The molecule has 1 aliphatic rings. The molecule has 1 aromatic rings. The smallest absolute Gasteiger partial charge is 0.123 e. The maximum absolute atomic E-state index is 9.88. The number of phenolic OH excluding ortho intramolecular Hbond substituents is 1. The molecule has 0 saturated carbocycles. The van der Waals surface area contributed by atoms with Gasteiger partial charge in [-0.15, -0.1) is 0 Å². The molecular weight excluding hydrogens is 162 g/mol. The normalized spacial score (nSPS) is 21.2. The molecule has 0 aromatic heterocycles. The summed E-state index contributed by atoms with van der Waals surface area (Å²) in [5, 5.41) is 13.2. The topological polar surface area (TPSA) is 32.3 Å². The van der Waals surface area contributed by atoms with Crippen molar-refractivity contribution >= 4 is 0 Å². The molecule has 0 radical (unpaired) electrons. The van der Waals surface area contributed by atoms with Gasteiger partial charge in [-0.3, -0.25) is 0 Å². The van der Waals surface area contributed by atoms with Crippen LogP contribution in [0.25, 0.3) is 0 Å². The molecule has 0 unspecified atom stereocenters. The Morgan fingerprint density at radius 3 is 2.85 bits per heavy atom. The Morgan fingerprint density at radius 2 is 2.31 bits per heavy atom. The molecule has 0 bridgehead atoms. The van der Waals surface area contributed by atoms with Gasteiger partial charge in [0.15, 0.2) is 0 Å². The Bertz CT molecular complexity index is 305. The van der Waals surface area contributed by atoms with Gasteiger partial charge in [0.05, 0.1) is 0 Å². The maximum atomic E-state index is 9.88. The lowest BCUT2D eigenvalue weighted by Gasteiger charge is -2.29. The van der Waals surface area contributed by atoms with Crippen LogP contribution in [0.3, 0.4) is 0 Å². The largest absolute Gasteiger partial charge is 0.507 e. The first-order chi connectivity index (χ1) is 6.33. The summed E-state index contributed by atoms with van der Waals surface area (Å²) in [4.78, 5) is 0. The van der Waals surface area contributed by atoms with Crippen LogP contribution in [0.15, 0.2) is 18.2 Å². The first-order valence-electron chi connectivity index (χ1n) is 4.87. The van der Waals surface area contributed by atoms with Crippen LogP contribution >= 0.6 is 0 Å². The lowest BCUT2D eigenvalue weighted by molar-refractivity contribution is 0.363. The van der Waals surface area contributed by atoms with Gasteiger partial charge >= 0.3 is 0 Å². The SMILES string of the molecule is CCc1cccc([C@@H]2CCN2)c1O. The number of phenols is 1. The van der Waals surface area contributed by atoms with Crippen molar-refractivity contribution in [2.45, 2.75) is 25.8 Å². The number of aryl methyl sites for hydroxylation is 1. The van der Waals surface area contributed by atoms with Crippen LogP contribution in [0.4, 0.5) is 0 Å². The number of aromatic hydroxyl groups is 1. The highest BCUT2D eigenvalue weighted by molar-refractivity contribution is 5.42. The molecule has 0 aliphatic carbocycles. The molecule has 2 N–H and O–H groups in total. The van der Waals surface area contributed by atoms with Gasteiger partial charge in [-0.1, -0.05) is 25.1 Å². The molecule has 1 atom stereocenters. The second-order valence-corrected chi connectivity index (χ2v) is 3.50. The van der Waals surface area contributed by atoms with Crippen molar-refractivity contribution < 1.29 is 5.11 Å². The molecule has 1 saturated heterocycles. The van der Waals surface area contributed by atoms with Gasteiger partial charge in [0.25, 0.3) is 0 Å². The van der Waals surface area contributed by atoms with Crippen molar-refractivity contribution in [1.82, 2.24) is 5.32 Å². The average molecular weight is 177 g/mol. The van der Waals surface area contributed by atoms with Crippen molar-refractivity contribution in [1.29, 1.82) is 0 Å². The average Bonchev–Trinajstić information content (AvgIpc) is 2.05. The van der Waals surface area contributed by atoms with Crippen LogP contribution in [0, 0.1) is 0 Å². The number of rotatable bonds is 2. The van der Waals surface area contributed by atoms with Gasteiger partial charge in [0, 0.05) is 11.6 Å². The van der Waals surface area contributed by atoms with E-state index in [4.69, 9.17) is 0 Å². The molecule has 0 amide bonds. The van der Waals surface area contributed by atoms with E-state index < -0.39 is 0 Å². The van der Waals surface area contributed by atoms with E-state index in [0.717, 1.165) is 30.5 Å². The van der Waals surface area contributed by atoms with Crippen LogP contribution in [0.1, 0.15) is 30.5 Å². The summed E-state index contributed by atoms with van der Waals surface area (Å²) in [5.74, 6) is 0.488. The summed E-state index contributed by atoms with van der Waals surface area (Å²) < 4.78 is 0. The third-order valence-electron chi connectivity index (χ3n) is 2.73. The van der Waals surface area contributed by atoms with Crippen LogP contribution < -0.4 is 5.32 Å². The van der Waals surface area contributed by atoms with E-state index in [9.17, 15) is 5.11 Å². The standard InChI is InChI=1S/C11H15NO/c1-2-8-4-3-5-9(11(8)13)10-6-7-12-10/h3-5,10,12-13H,2,6-7H2,1H3/t10-/m0/s1. The highest BCUT2D eigenvalue weighted by Gasteiger charge is 2.21. The lowest BCUT2D eigenvalue weighted by Crippen LogP contribution is -2.35. The van der Waals surface area contributed by atoms with E-state index >= 15 is 0 Å². The van der Waals surface area contributed by atoms with Crippen molar-refractivity contribution in [3.63, 3.8) is 0 Å². The lowest BCUT2D eigenvalue weighted by atomic mass is 9.94. The Balaban J connectivity index is 2.33. The molecule has 1 aromatic carbocycles. The summed E-state index contributed by atoms with van der Waals surface area (Å²) in [5.41, 5.74) is 2.11. The van der Waals surface area contributed by atoms with Crippen LogP contribution in [-0.2, 0) is 6.42 Å². The Hall–Kier alpha value is -1.02. The number of para-hydroxylation sites is 1. The number of nitrogens with one attached hydrogen (secondary N) is 1. The predicted octanol–water partition coefficient (Wildman–Crippen LogP) is 1.99. The van der Waals surface area contributed by atoms with E-state index in [2.05, 4.69) is 12.2 Å². The highest BCUT2D eigenvalue weighted by atomic mass is 16.3. The molecule has 2 heteroatoms. The number of hydrogen-bond acceptors (Lipinski definition) is 2. The maximum Gasteiger partial charge on any atom is 0.123 e. The summed E-state index contributed by atoms with van der Waals surface area (Å²) in [6.45, 7) is 3.13. The molecule has 70 valence electrons. The second-order valence-electron chi connectivity index (χ2n) is 3.50. The van der Waals surface area contributed by atoms with Gasteiger partial charge in [-0.2, -0.15) is 0 Å². The van der Waals surface area contributed by atoms with Gasteiger partial charge in [-0.25, -0.2) is 0 Å². The fourth-order valence-electron chi connectivity index (χ4n) is 1.73. The quantitative estimate of drug-likeness (QED) is 0.724. The fourth-order valence-corrected chi connectivity index (χ4v) is 1.73. The highest BCUT2D eigenvalue weighted by Crippen LogP contribution is 2.32. The van der Waals surface area contributed by atoms with Gasteiger partial charge in [0.2, 0.25) is 0 Å². The summed E-state index contributed by atoms with van der Waals surface area (Å²) in [6, 6.07) is 6.39. The van der Waals surface area contributed by atoms with Gasteiger partial charge < -0.3 is 10.4 Å². The Labute approximate surface area is 78.6 Å². The van der Waals surface area contributed by atoms with Crippen molar-refractivity contribution in [3.8, 4) is 5.75 Å². The molecule has 2 rings (SSSR count). The first kappa shape index (κ1) is 8.57. The Kier molecular flexibility index (Phi) is 2.23. The van der Waals surface area contributed by atoms with Crippen molar-refractivity contribution in [3.05, 3.63) is 29.3 Å². The van der Waals surface area contributed by atoms with E-state index in [1.807, 2.05) is 18.2 Å². The summed E-state index contributed by atoms with van der Waals surface area (Å²) >= 11 is 0. The van der Waals surface area contributed by atoms with Gasteiger partial charge in [0.1, 0.15) is 5.75 Å². The van der Waals surface area contributed by atoms with Crippen molar-refractivity contribution in [2.24, 2.45) is 0 Å². The van der Waals surface area contributed by atoms with E-state index in [1.54, 1.807) is 0 Å². The molecular formula is C11H15NO. The third kappa shape index (κ3) is 1.42. The fraction of sp³-hybridized carbons (Fsp3) is 0.455. The third-order valence-corrected chi connectivity index (χ3v) is 2.73. The molecule has 1 heterocycles. The van der Waals surface area contributed by atoms with Crippen LogP contribution in [0.2, 0.25) is 0 Å². The Morgan fingerprint density at radius 1 is 1.54 bits per heavy atom. The summed E-state index contributed by atoms with van der Waals surface area (Å²) in [7, 11) is 0. The first-order valence-corrected chi connectivity index (χ1v) is 4.87. The second kappa shape index (κ2) is 3.38. The predicted molar refractivity (Wildman–Crippen MR) is 52.8 cm³/mol. The van der Waals surface area contributed by atoms with E-state index in [0.29, 0.717) is 11.8 Å². The number of benzene rings is 1.